The second-order valence-electron chi connectivity index (χ2n) is 4.84. The van der Waals surface area contributed by atoms with Crippen molar-refractivity contribution >= 4 is 27.5 Å². The van der Waals surface area contributed by atoms with Crippen molar-refractivity contribution in [3.05, 3.63) is 68.9 Å². The van der Waals surface area contributed by atoms with Crippen LogP contribution in [0.1, 0.15) is 18.1 Å². The Kier molecular flexibility index (Phi) is 4.29. The molecule has 2 aromatic carbocycles. The molecule has 0 radical (unpaired) electrons. The molecule has 1 nitrogen and oxygen atoms in total. The molecular weight excluding hydrogens is 329 g/mol. The maximum Gasteiger partial charge on any atom is 0.127 e. The van der Waals surface area contributed by atoms with Crippen LogP contribution < -0.4 is 5.73 Å². The number of nitrogens with two attached hydrogens (primary N) is 1. The third-order valence-electron chi connectivity index (χ3n) is 3.06. The fourth-order valence-electron chi connectivity index (χ4n) is 2.01. The molecule has 1 atom stereocenters. The molecule has 2 rings (SSSR count). The first-order chi connectivity index (χ1) is 8.88. The predicted octanol–water partition coefficient (Wildman–Crippen LogP) is 4.66. The van der Waals surface area contributed by atoms with Crippen molar-refractivity contribution < 1.29 is 4.39 Å². The van der Waals surface area contributed by atoms with E-state index in [1.54, 1.807) is 12.1 Å². The molecular formula is C15H14BrClFN. The molecule has 0 aliphatic heterocycles. The van der Waals surface area contributed by atoms with E-state index in [-0.39, 0.29) is 5.82 Å². The van der Waals surface area contributed by atoms with E-state index in [1.165, 1.54) is 6.07 Å². The minimum absolute atomic E-state index is 0.256. The highest BCUT2D eigenvalue weighted by atomic mass is 79.9. The average molecular weight is 343 g/mol. The molecule has 0 aromatic heterocycles. The molecule has 0 heterocycles. The standard InChI is InChI=1S/C15H14BrClFN/c1-15(19,11-3-2-4-13(17)7-11)9-10-5-6-12(16)8-14(10)18/h2-8H,9,19H2,1H3. The van der Waals surface area contributed by atoms with Gasteiger partial charge in [-0.15, -0.1) is 0 Å². The summed E-state index contributed by atoms with van der Waals surface area (Å²) in [6.45, 7) is 1.88. The van der Waals surface area contributed by atoms with E-state index in [0.717, 1.165) is 10.0 Å². The van der Waals surface area contributed by atoms with Crippen LogP contribution in [0.2, 0.25) is 5.02 Å². The van der Waals surface area contributed by atoms with Crippen molar-refractivity contribution in [3.63, 3.8) is 0 Å². The van der Waals surface area contributed by atoms with Crippen molar-refractivity contribution in [2.45, 2.75) is 18.9 Å². The van der Waals surface area contributed by atoms with E-state index in [0.29, 0.717) is 17.0 Å². The molecule has 0 saturated heterocycles. The zero-order valence-corrected chi connectivity index (χ0v) is 12.8. The van der Waals surface area contributed by atoms with E-state index in [4.69, 9.17) is 17.3 Å². The van der Waals surface area contributed by atoms with Gasteiger partial charge in [-0.2, -0.15) is 0 Å². The number of rotatable bonds is 3. The van der Waals surface area contributed by atoms with Gasteiger partial charge in [-0.1, -0.05) is 45.7 Å². The summed E-state index contributed by atoms with van der Waals surface area (Å²) in [6, 6.07) is 12.4. The van der Waals surface area contributed by atoms with Crippen LogP contribution in [-0.4, -0.2) is 0 Å². The highest BCUT2D eigenvalue weighted by molar-refractivity contribution is 9.10. The minimum Gasteiger partial charge on any atom is -0.321 e. The zero-order chi connectivity index (χ0) is 14.0. The first kappa shape index (κ1) is 14.5. The lowest BCUT2D eigenvalue weighted by Gasteiger charge is -2.26. The molecule has 2 aromatic rings. The van der Waals surface area contributed by atoms with Crippen molar-refractivity contribution in [2.24, 2.45) is 5.73 Å². The van der Waals surface area contributed by atoms with Gasteiger partial charge < -0.3 is 5.73 Å². The Morgan fingerprint density at radius 2 is 2.00 bits per heavy atom. The van der Waals surface area contributed by atoms with Gasteiger partial charge in [0, 0.05) is 15.0 Å². The lowest BCUT2D eigenvalue weighted by atomic mass is 9.86. The van der Waals surface area contributed by atoms with E-state index < -0.39 is 5.54 Å². The van der Waals surface area contributed by atoms with Crippen LogP contribution in [0, 0.1) is 5.82 Å². The lowest BCUT2D eigenvalue weighted by Crippen LogP contribution is -2.35. The Hall–Kier alpha value is -0.900. The highest BCUT2D eigenvalue weighted by Gasteiger charge is 2.23. The van der Waals surface area contributed by atoms with Crippen LogP contribution in [0.25, 0.3) is 0 Å². The maximum absolute atomic E-state index is 13.9. The Labute approximate surface area is 125 Å². The summed E-state index contributed by atoms with van der Waals surface area (Å²) in [5.74, 6) is -0.256. The van der Waals surface area contributed by atoms with E-state index in [1.807, 2.05) is 31.2 Å². The quantitative estimate of drug-likeness (QED) is 0.862. The van der Waals surface area contributed by atoms with Gasteiger partial charge in [0.25, 0.3) is 0 Å². The molecule has 0 aliphatic carbocycles. The van der Waals surface area contributed by atoms with Crippen LogP contribution in [-0.2, 0) is 12.0 Å². The topological polar surface area (TPSA) is 26.0 Å². The SMILES string of the molecule is CC(N)(Cc1ccc(Br)cc1F)c1cccc(Cl)c1. The number of benzene rings is 2. The second-order valence-corrected chi connectivity index (χ2v) is 6.19. The van der Waals surface area contributed by atoms with Crippen molar-refractivity contribution in [1.29, 1.82) is 0 Å². The largest absolute Gasteiger partial charge is 0.321 e. The summed E-state index contributed by atoms with van der Waals surface area (Å²) >= 11 is 9.21. The molecule has 1 unspecified atom stereocenters. The number of hydrogen-bond acceptors (Lipinski definition) is 1. The highest BCUT2D eigenvalue weighted by Crippen LogP contribution is 2.27. The maximum atomic E-state index is 13.9. The Morgan fingerprint density at radius 1 is 1.26 bits per heavy atom. The molecule has 0 bridgehead atoms. The van der Waals surface area contributed by atoms with Crippen molar-refractivity contribution in [3.8, 4) is 0 Å². The van der Waals surface area contributed by atoms with E-state index in [9.17, 15) is 4.39 Å². The van der Waals surface area contributed by atoms with Crippen LogP contribution >= 0.6 is 27.5 Å². The first-order valence-corrected chi connectivity index (χ1v) is 7.04. The molecule has 0 fully saturated rings. The summed E-state index contributed by atoms with van der Waals surface area (Å²) in [5.41, 5.74) is 7.12. The predicted molar refractivity (Wildman–Crippen MR) is 80.8 cm³/mol. The summed E-state index contributed by atoms with van der Waals surface area (Å²) in [7, 11) is 0. The Balaban J connectivity index is 2.30. The van der Waals surface area contributed by atoms with Gasteiger partial charge in [0.05, 0.1) is 0 Å². The molecule has 2 N–H and O–H groups in total. The van der Waals surface area contributed by atoms with Crippen LogP contribution in [0.4, 0.5) is 4.39 Å². The minimum atomic E-state index is -0.667. The normalized spacial score (nSPS) is 14.2. The second kappa shape index (κ2) is 5.61. The molecule has 4 heteroatoms. The first-order valence-electron chi connectivity index (χ1n) is 5.87. The fourth-order valence-corrected chi connectivity index (χ4v) is 2.53. The van der Waals surface area contributed by atoms with Gasteiger partial charge in [0.1, 0.15) is 5.82 Å². The molecule has 100 valence electrons. The molecule has 0 spiro atoms. The van der Waals surface area contributed by atoms with Gasteiger partial charge in [-0.3, -0.25) is 0 Å². The van der Waals surface area contributed by atoms with Crippen LogP contribution in [0.15, 0.2) is 46.9 Å². The summed E-state index contributed by atoms with van der Waals surface area (Å²) in [5, 5.41) is 0.630. The van der Waals surface area contributed by atoms with Crippen LogP contribution in [0.3, 0.4) is 0 Å². The number of hydrogen-bond donors (Lipinski definition) is 1. The zero-order valence-electron chi connectivity index (χ0n) is 10.5. The summed E-state index contributed by atoms with van der Waals surface area (Å²) < 4.78 is 14.6. The van der Waals surface area contributed by atoms with Crippen LogP contribution in [0.5, 0.6) is 0 Å². The van der Waals surface area contributed by atoms with E-state index >= 15 is 0 Å². The van der Waals surface area contributed by atoms with Gasteiger partial charge in [-0.05, 0) is 48.7 Å². The van der Waals surface area contributed by atoms with Gasteiger partial charge in [0.2, 0.25) is 0 Å². The fraction of sp³-hybridized carbons (Fsp3) is 0.200. The van der Waals surface area contributed by atoms with Gasteiger partial charge >= 0.3 is 0 Å². The average Bonchev–Trinajstić information content (AvgIpc) is 2.33. The van der Waals surface area contributed by atoms with Gasteiger partial charge in [-0.25, -0.2) is 4.39 Å². The number of halogens is 3. The third-order valence-corrected chi connectivity index (χ3v) is 3.79. The Morgan fingerprint density at radius 3 is 2.63 bits per heavy atom. The Bertz CT molecular complexity index is 598. The lowest BCUT2D eigenvalue weighted by molar-refractivity contribution is 0.475. The molecule has 0 saturated carbocycles. The monoisotopic (exact) mass is 341 g/mol. The smallest absolute Gasteiger partial charge is 0.127 e. The van der Waals surface area contributed by atoms with Crippen molar-refractivity contribution in [2.75, 3.05) is 0 Å². The van der Waals surface area contributed by atoms with Crippen molar-refractivity contribution in [1.82, 2.24) is 0 Å². The van der Waals surface area contributed by atoms with Gasteiger partial charge in [0.15, 0.2) is 0 Å². The molecule has 0 aliphatic rings. The summed E-state index contributed by atoms with van der Waals surface area (Å²) in [4.78, 5) is 0. The third kappa shape index (κ3) is 3.56. The van der Waals surface area contributed by atoms with E-state index in [2.05, 4.69) is 15.9 Å². The molecule has 19 heavy (non-hydrogen) atoms. The molecule has 0 amide bonds. The summed E-state index contributed by atoms with van der Waals surface area (Å²) in [6.07, 6.45) is 0.409.